The Morgan fingerprint density at radius 2 is 1.82 bits per heavy atom. The van der Waals surface area contributed by atoms with Gasteiger partial charge in [-0.15, -0.1) is 0 Å². The topological polar surface area (TPSA) is 112 Å². The van der Waals surface area contributed by atoms with Gasteiger partial charge in [0, 0.05) is 58.6 Å². The van der Waals surface area contributed by atoms with Crippen molar-refractivity contribution >= 4 is 21.5 Å². The van der Waals surface area contributed by atoms with E-state index in [1.807, 2.05) is 30.3 Å². The van der Waals surface area contributed by atoms with Gasteiger partial charge >= 0.3 is 6.09 Å². The average molecular weight is 474 g/mol. The molecule has 9 heteroatoms. The van der Waals surface area contributed by atoms with Crippen LogP contribution in [0, 0.1) is 5.41 Å². The number of rotatable bonds is 4. The Balaban J connectivity index is 1.78. The van der Waals surface area contributed by atoms with Crippen LogP contribution in [0.15, 0.2) is 51.8 Å². The first kappa shape index (κ1) is 23.5. The number of piperidine rings is 1. The van der Waals surface area contributed by atoms with Gasteiger partial charge in [0.15, 0.2) is 0 Å². The molecule has 1 aliphatic carbocycles. The summed E-state index contributed by atoms with van der Waals surface area (Å²) in [6.45, 7) is 0.537. The normalized spacial score (nSPS) is 22.5. The molecule has 1 saturated carbocycles. The van der Waals surface area contributed by atoms with Gasteiger partial charge in [-0.25, -0.2) is 9.00 Å². The first-order valence-electron chi connectivity index (χ1n) is 11.2. The van der Waals surface area contributed by atoms with Crippen molar-refractivity contribution in [3.8, 4) is 11.1 Å². The van der Waals surface area contributed by atoms with Gasteiger partial charge in [0.25, 0.3) is 5.56 Å². The minimum absolute atomic E-state index is 0.0471. The van der Waals surface area contributed by atoms with Crippen molar-refractivity contribution in [2.75, 3.05) is 25.6 Å². The number of nitrogens with zero attached hydrogens (tertiary/aromatic N) is 3. The van der Waals surface area contributed by atoms with E-state index in [1.165, 1.54) is 15.5 Å². The van der Waals surface area contributed by atoms with Gasteiger partial charge in [-0.3, -0.25) is 4.79 Å². The molecule has 33 heavy (non-hydrogen) atoms. The number of hydrogen-bond donors (Lipinski definition) is 2. The van der Waals surface area contributed by atoms with E-state index in [0.29, 0.717) is 11.3 Å². The van der Waals surface area contributed by atoms with Crippen molar-refractivity contribution in [2.45, 2.75) is 44.2 Å². The van der Waals surface area contributed by atoms with Crippen LogP contribution in [0.2, 0.25) is 0 Å². The van der Waals surface area contributed by atoms with Crippen molar-refractivity contribution in [1.29, 1.82) is 0 Å². The molecule has 1 saturated heterocycles. The average Bonchev–Trinajstić information content (AvgIpc) is 3.22. The zero-order valence-electron chi connectivity index (χ0n) is 19.1. The van der Waals surface area contributed by atoms with E-state index in [0.717, 1.165) is 31.2 Å². The lowest BCUT2D eigenvalue weighted by atomic mass is 9.66. The minimum atomic E-state index is -2.50. The summed E-state index contributed by atoms with van der Waals surface area (Å²) in [6.07, 6.45) is 7.24. The van der Waals surface area contributed by atoms with Crippen LogP contribution in [0.4, 0.5) is 10.5 Å². The number of amides is 1. The highest BCUT2D eigenvalue weighted by atomic mass is 32.2. The Morgan fingerprint density at radius 1 is 1.15 bits per heavy atom. The van der Waals surface area contributed by atoms with Crippen LogP contribution >= 0.6 is 0 Å². The fourth-order valence-electron chi connectivity index (χ4n) is 5.39. The zero-order chi connectivity index (χ0) is 23.9. The summed E-state index contributed by atoms with van der Waals surface area (Å²) in [6, 6.07) is 10.8. The summed E-state index contributed by atoms with van der Waals surface area (Å²) in [5.74, 6) is 0. The van der Waals surface area contributed by atoms with Gasteiger partial charge in [-0.1, -0.05) is 43.2 Å². The largest absolute Gasteiger partial charge is 0.465 e. The molecule has 1 aromatic heterocycles. The molecule has 1 unspecified atom stereocenters. The van der Waals surface area contributed by atoms with E-state index in [-0.39, 0.29) is 31.6 Å². The molecule has 0 bridgehead atoms. The number of likely N-dealkylation sites (tertiary alicyclic amines) is 1. The van der Waals surface area contributed by atoms with Crippen LogP contribution in [0.1, 0.15) is 32.1 Å². The van der Waals surface area contributed by atoms with Crippen LogP contribution in [0.3, 0.4) is 0 Å². The third-order valence-electron chi connectivity index (χ3n) is 7.05. The third kappa shape index (κ3) is 4.70. The smallest absolute Gasteiger partial charge is 0.407 e. The molecule has 2 N–H and O–H groups in total. The summed E-state index contributed by atoms with van der Waals surface area (Å²) in [7, 11) is -2.50. The van der Waals surface area contributed by atoms with E-state index in [1.54, 1.807) is 18.7 Å². The maximum absolute atomic E-state index is 13.2. The maximum atomic E-state index is 13.2. The lowest BCUT2D eigenvalue weighted by Gasteiger charge is -2.51. The Bertz CT molecular complexity index is 1220. The monoisotopic (exact) mass is 473 g/mol. The second-order valence-corrected chi connectivity index (χ2v) is 12.2. The summed E-state index contributed by atoms with van der Waals surface area (Å²) < 4.78 is 18.4. The molecule has 2 aliphatic rings. The van der Waals surface area contributed by atoms with E-state index in [2.05, 4.69) is 4.36 Å². The maximum Gasteiger partial charge on any atom is 0.407 e. The van der Waals surface area contributed by atoms with E-state index in [9.17, 15) is 24.0 Å². The van der Waals surface area contributed by atoms with Crippen molar-refractivity contribution in [1.82, 2.24) is 9.47 Å². The zero-order valence-corrected chi connectivity index (χ0v) is 19.9. The molecule has 1 amide bonds. The Morgan fingerprint density at radius 3 is 2.42 bits per heavy atom. The molecule has 0 radical (unpaired) electrons. The number of carbonyl (C=O) groups is 1. The highest BCUT2D eigenvalue weighted by Crippen LogP contribution is 2.51. The Kier molecular flexibility index (Phi) is 6.13. The van der Waals surface area contributed by atoms with Gasteiger partial charge in [0.05, 0.1) is 17.8 Å². The SMILES string of the molecule is CS(C)(=O)=Nc1cn(CC2(O)CCN(C(=O)O)CC23CCCC3)c(=O)cc1-c1ccccc1. The van der Waals surface area contributed by atoms with Crippen molar-refractivity contribution < 1.29 is 19.2 Å². The van der Waals surface area contributed by atoms with Gasteiger partial charge in [0.2, 0.25) is 0 Å². The Hall–Kier alpha value is -2.65. The van der Waals surface area contributed by atoms with Crippen LogP contribution in [0.25, 0.3) is 11.1 Å². The Labute approximate surface area is 194 Å². The molecule has 1 aromatic carbocycles. The van der Waals surface area contributed by atoms with Crippen LogP contribution < -0.4 is 5.56 Å². The van der Waals surface area contributed by atoms with Gasteiger partial charge < -0.3 is 19.7 Å². The standard InChI is InChI=1S/C24H31N3O5S/c1-33(2,32)25-20-15-27(21(28)14-19(20)18-8-4-3-5-9-18)17-24(31)12-13-26(22(29)30)16-23(24)10-6-7-11-23/h3-5,8-9,14-15,31H,6-7,10-13,16-17H2,1-2H3,(H,29,30). The lowest BCUT2D eigenvalue weighted by Crippen LogP contribution is -2.62. The van der Waals surface area contributed by atoms with Gasteiger partial charge in [-0.05, 0) is 24.8 Å². The molecular formula is C24H31N3O5S. The number of benzene rings is 1. The molecule has 2 heterocycles. The number of carboxylic acid groups (broad SMARTS) is 1. The minimum Gasteiger partial charge on any atom is -0.465 e. The molecule has 1 aliphatic heterocycles. The highest BCUT2D eigenvalue weighted by molar-refractivity contribution is 7.92. The molecule has 4 rings (SSSR count). The molecule has 2 fully saturated rings. The van der Waals surface area contributed by atoms with E-state index >= 15 is 0 Å². The van der Waals surface area contributed by atoms with Crippen LogP contribution in [-0.4, -0.2) is 61.2 Å². The first-order valence-corrected chi connectivity index (χ1v) is 13.5. The fourth-order valence-corrected chi connectivity index (χ4v) is 6.01. The third-order valence-corrected chi connectivity index (χ3v) is 7.68. The molecule has 8 nitrogen and oxygen atoms in total. The van der Waals surface area contributed by atoms with Gasteiger partial charge in [0.1, 0.15) is 0 Å². The van der Waals surface area contributed by atoms with Crippen molar-refractivity contribution in [3.05, 3.63) is 52.9 Å². The number of aliphatic hydroxyl groups is 1. The van der Waals surface area contributed by atoms with Crippen LogP contribution in [-0.2, 0) is 16.3 Å². The number of pyridine rings is 1. The first-order chi connectivity index (χ1) is 15.5. The predicted molar refractivity (Wildman–Crippen MR) is 128 cm³/mol. The van der Waals surface area contributed by atoms with Crippen LogP contribution in [0.5, 0.6) is 0 Å². The molecular weight excluding hydrogens is 442 g/mol. The molecule has 1 spiro atoms. The fraction of sp³-hybridized carbons (Fsp3) is 0.500. The van der Waals surface area contributed by atoms with E-state index in [4.69, 9.17) is 0 Å². The lowest BCUT2D eigenvalue weighted by molar-refractivity contribution is -0.137. The summed E-state index contributed by atoms with van der Waals surface area (Å²) in [5, 5.41) is 21.4. The molecule has 2 aromatic rings. The second-order valence-electron chi connectivity index (χ2n) is 9.65. The summed E-state index contributed by atoms with van der Waals surface area (Å²) >= 11 is 0. The molecule has 178 valence electrons. The van der Waals surface area contributed by atoms with Gasteiger partial charge in [-0.2, -0.15) is 4.36 Å². The quantitative estimate of drug-likeness (QED) is 0.705. The van der Waals surface area contributed by atoms with Crippen molar-refractivity contribution in [2.24, 2.45) is 9.78 Å². The summed E-state index contributed by atoms with van der Waals surface area (Å²) in [4.78, 5) is 26.2. The summed E-state index contributed by atoms with van der Waals surface area (Å²) in [5.41, 5.74) is -0.260. The number of aromatic nitrogens is 1. The number of hydrogen-bond acceptors (Lipinski definition) is 5. The highest BCUT2D eigenvalue weighted by Gasteiger charge is 2.55. The van der Waals surface area contributed by atoms with Crippen molar-refractivity contribution in [3.63, 3.8) is 0 Å². The molecule has 1 atom stereocenters. The second kappa shape index (κ2) is 8.61. The predicted octanol–water partition coefficient (Wildman–Crippen LogP) is 3.55. The van der Waals surface area contributed by atoms with E-state index < -0.39 is 26.8 Å².